The molecular formula is C20H21ClN2O5. The van der Waals surface area contributed by atoms with Gasteiger partial charge in [0.1, 0.15) is 0 Å². The number of hydrogen-bond acceptors (Lipinski definition) is 5. The molecule has 0 unspecified atom stereocenters. The zero-order valence-corrected chi connectivity index (χ0v) is 16.2. The van der Waals surface area contributed by atoms with Crippen LogP contribution in [0.4, 0.5) is 10.5 Å². The first-order chi connectivity index (χ1) is 13.6. The Hall–Kier alpha value is -2.93. The molecule has 2 amide bonds. The highest BCUT2D eigenvalue weighted by atomic mass is 35.5. The molecule has 28 heavy (non-hydrogen) atoms. The van der Waals surface area contributed by atoms with Crippen molar-refractivity contribution in [2.45, 2.75) is 19.9 Å². The Morgan fingerprint density at radius 3 is 2.64 bits per heavy atom. The summed E-state index contributed by atoms with van der Waals surface area (Å²) in [5.74, 6) is 0.883. The summed E-state index contributed by atoms with van der Waals surface area (Å²) in [5, 5.41) is 5.87. The number of halogens is 1. The van der Waals surface area contributed by atoms with E-state index in [1.165, 1.54) is 0 Å². The van der Waals surface area contributed by atoms with Crippen LogP contribution in [0.2, 0.25) is 5.02 Å². The van der Waals surface area contributed by atoms with Crippen LogP contribution in [0.25, 0.3) is 0 Å². The van der Waals surface area contributed by atoms with Gasteiger partial charge in [-0.05, 0) is 48.9 Å². The molecule has 8 heteroatoms. The molecule has 0 atom stereocenters. The van der Waals surface area contributed by atoms with Crippen LogP contribution in [-0.4, -0.2) is 31.8 Å². The highest BCUT2D eigenvalue weighted by Crippen LogP contribution is 2.37. The molecule has 2 aromatic carbocycles. The van der Waals surface area contributed by atoms with Gasteiger partial charge in [0.2, 0.25) is 0 Å². The molecule has 0 saturated heterocycles. The largest absolute Gasteiger partial charge is 0.489 e. The maximum Gasteiger partial charge on any atom is 0.411 e. The lowest BCUT2D eigenvalue weighted by atomic mass is 10.1. The molecule has 7 nitrogen and oxygen atoms in total. The Bertz CT molecular complexity index is 854. The minimum absolute atomic E-state index is 0.245. The van der Waals surface area contributed by atoms with Gasteiger partial charge >= 0.3 is 6.09 Å². The Labute approximate surface area is 167 Å². The third-order valence-corrected chi connectivity index (χ3v) is 4.26. The van der Waals surface area contributed by atoms with Crippen LogP contribution in [-0.2, 0) is 11.3 Å². The van der Waals surface area contributed by atoms with E-state index >= 15 is 0 Å². The zero-order valence-electron chi connectivity index (χ0n) is 15.4. The number of carbonyl (C=O) groups is 2. The maximum atomic E-state index is 12.4. The second-order valence-electron chi connectivity index (χ2n) is 6.06. The van der Waals surface area contributed by atoms with Crippen molar-refractivity contribution in [3.05, 3.63) is 52.5 Å². The van der Waals surface area contributed by atoms with Crippen LogP contribution in [0, 0.1) is 0 Å². The van der Waals surface area contributed by atoms with Gasteiger partial charge in [-0.3, -0.25) is 10.1 Å². The van der Waals surface area contributed by atoms with Crippen molar-refractivity contribution in [1.82, 2.24) is 5.32 Å². The summed E-state index contributed by atoms with van der Waals surface area (Å²) >= 11 is 6.27. The van der Waals surface area contributed by atoms with E-state index < -0.39 is 6.09 Å². The Morgan fingerprint density at radius 2 is 1.89 bits per heavy atom. The van der Waals surface area contributed by atoms with Crippen molar-refractivity contribution in [1.29, 1.82) is 0 Å². The summed E-state index contributed by atoms with van der Waals surface area (Å²) < 4.78 is 16.1. The second-order valence-corrected chi connectivity index (χ2v) is 6.47. The van der Waals surface area contributed by atoms with Crippen LogP contribution < -0.4 is 20.1 Å². The Balaban J connectivity index is 1.60. The van der Waals surface area contributed by atoms with Crippen molar-refractivity contribution in [3.8, 4) is 11.5 Å². The first-order valence-corrected chi connectivity index (χ1v) is 9.34. The molecule has 1 heterocycles. The van der Waals surface area contributed by atoms with E-state index in [1.807, 2.05) is 6.07 Å². The number of rotatable bonds is 5. The van der Waals surface area contributed by atoms with Gasteiger partial charge in [-0.1, -0.05) is 11.6 Å². The normalized spacial score (nSPS) is 12.6. The van der Waals surface area contributed by atoms with Gasteiger partial charge < -0.3 is 19.5 Å². The van der Waals surface area contributed by atoms with Crippen molar-refractivity contribution >= 4 is 29.3 Å². The number of nitrogens with one attached hydrogen (secondary N) is 2. The lowest BCUT2D eigenvalue weighted by Crippen LogP contribution is -2.22. The predicted molar refractivity (Wildman–Crippen MR) is 105 cm³/mol. The fourth-order valence-electron chi connectivity index (χ4n) is 2.66. The number of amides is 2. The first kappa shape index (κ1) is 19.8. The van der Waals surface area contributed by atoms with Crippen LogP contribution >= 0.6 is 11.6 Å². The van der Waals surface area contributed by atoms with E-state index in [9.17, 15) is 9.59 Å². The van der Waals surface area contributed by atoms with Crippen LogP contribution in [0.15, 0.2) is 36.4 Å². The number of ether oxygens (including phenoxy) is 3. The molecule has 2 aromatic rings. The zero-order chi connectivity index (χ0) is 19.9. The van der Waals surface area contributed by atoms with E-state index in [0.717, 1.165) is 12.0 Å². The summed E-state index contributed by atoms with van der Waals surface area (Å²) in [6.45, 7) is 3.42. The fourth-order valence-corrected chi connectivity index (χ4v) is 2.95. The van der Waals surface area contributed by atoms with Gasteiger partial charge in [0.25, 0.3) is 5.91 Å². The smallest absolute Gasteiger partial charge is 0.411 e. The van der Waals surface area contributed by atoms with Crippen LogP contribution in [0.5, 0.6) is 11.5 Å². The molecule has 0 radical (unpaired) electrons. The quantitative estimate of drug-likeness (QED) is 0.786. The van der Waals surface area contributed by atoms with Crippen molar-refractivity contribution in [2.75, 3.05) is 25.1 Å². The number of hydrogen-bond donors (Lipinski definition) is 2. The average molecular weight is 405 g/mol. The summed E-state index contributed by atoms with van der Waals surface area (Å²) in [4.78, 5) is 23.8. The maximum absolute atomic E-state index is 12.4. The molecule has 0 aromatic heterocycles. The fraction of sp³-hybridized carbons (Fsp3) is 0.300. The molecular weight excluding hydrogens is 384 g/mol. The molecule has 3 rings (SSSR count). The second kappa shape index (κ2) is 9.32. The minimum atomic E-state index is -0.536. The van der Waals surface area contributed by atoms with Gasteiger partial charge in [0.05, 0.1) is 24.8 Å². The molecule has 0 saturated carbocycles. The number of benzene rings is 2. The standard InChI is InChI=1S/C20H21ClN2O5/c1-2-26-20(25)23-15-6-4-14(5-7-15)19(24)22-12-13-10-16(21)18-17(11-13)27-8-3-9-28-18/h4-7,10-11H,2-3,8-9,12H2,1H3,(H,22,24)(H,23,25). The summed E-state index contributed by atoms with van der Waals surface area (Å²) in [6.07, 6.45) is 0.254. The molecule has 1 aliphatic rings. The molecule has 1 aliphatic heterocycles. The third kappa shape index (κ3) is 5.07. The average Bonchev–Trinajstić information content (AvgIpc) is 2.93. The minimum Gasteiger partial charge on any atom is -0.489 e. The highest BCUT2D eigenvalue weighted by Gasteiger charge is 2.16. The summed E-state index contributed by atoms with van der Waals surface area (Å²) in [5.41, 5.74) is 1.82. The van der Waals surface area contributed by atoms with Gasteiger partial charge in [0, 0.05) is 24.2 Å². The van der Waals surface area contributed by atoms with Crippen molar-refractivity contribution in [3.63, 3.8) is 0 Å². The van der Waals surface area contributed by atoms with Crippen molar-refractivity contribution in [2.24, 2.45) is 0 Å². The topological polar surface area (TPSA) is 85.9 Å². The highest BCUT2D eigenvalue weighted by molar-refractivity contribution is 6.32. The van der Waals surface area contributed by atoms with E-state index in [1.54, 1.807) is 37.3 Å². The Morgan fingerprint density at radius 1 is 1.14 bits per heavy atom. The number of fused-ring (bicyclic) bond motifs is 1. The van der Waals surface area contributed by atoms with Gasteiger partial charge in [0.15, 0.2) is 11.5 Å². The van der Waals surface area contributed by atoms with Gasteiger partial charge in [-0.25, -0.2) is 4.79 Å². The van der Waals surface area contributed by atoms with E-state index in [2.05, 4.69) is 10.6 Å². The van der Waals surface area contributed by atoms with Crippen molar-refractivity contribution < 1.29 is 23.8 Å². The van der Waals surface area contributed by atoms with E-state index in [0.29, 0.717) is 41.0 Å². The number of anilines is 1. The molecule has 0 fully saturated rings. The number of carbonyl (C=O) groups excluding carboxylic acids is 2. The summed E-state index contributed by atoms with van der Waals surface area (Å²) in [7, 11) is 0. The van der Waals surface area contributed by atoms with Gasteiger partial charge in [-0.2, -0.15) is 0 Å². The lowest BCUT2D eigenvalue weighted by Gasteiger charge is -2.12. The molecule has 0 bridgehead atoms. The monoisotopic (exact) mass is 404 g/mol. The summed E-state index contributed by atoms with van der Waals surface area (Å²) in [6, 6.07) is 10.1. The van der Waals surface area contributed by atoms with Gasteiger partial charge in [-0.15, -0.1) is 0 Å². The molecule has 2 N–H and O–H groups in total. The molecule has 148 valence electrons. The van der Waals surface area contributed by atoms with Crippen LogP contribution in [0.1, 0.15) is 29.3 Å². The third-order valence-electron chi connectivity index (χ3n) is 3.98. The molecule has 0 aliphatic carbocycles. The Kier molecular flexibility index (Phi) is 6.60. The lowest BCUT2D eigenvalue weighted by molar-refractivity contribution is 0.0951. The molecule has 0 spiro atoms. The predicted octanol–water partition coefficient (Wildman–Crippen LogP) is 4.00. The van der Waals surface area contributed by atoms with Crippen LogP contribution in [0.3, 0.4) is 0 Å². The first-order valence-electron chi connectivity index (χ1n) is 8.97. The SMILES string of the molecule is CCOC(=O)Nc1ccc(C(=O)NCc2cc(Cl)c3c(c2)OCCCO3)cc1. The van der Waals surface area contributed by atoms with E-state index in [-0.39, 0.29) is 19.1 Å². The van der Waals surface area contributed by atoms with E-state index in [4.69, 9.17) is 25.8 Å².